The Morgan fingerprint density at radius 3 is 2.34 bits per heavy atom. The monoisotopic (exact) mass is 431 g/mol. The van der Waals surface area contributed by atoms with E-state index in [0.717, 1.165) is 15.7 Å². The van der Waals surface area contributed by atoms with Crippen LogP contribution in [0.3, 0.4) is 0 Å². The van der Waals surface area contributed by atoms with Crippen molar-refractivity contribution in [1.29, 1.82) is 0 Å². The molecular weight excluding hydrogens is 410 g/mol. The van der Waals surface area contributed by atoms with E-state index >= 15 is 0 Å². The average molecular weight is 432 g/mol. The molecule has 1 heterocycles. The van der Waals surface area contributed by atoms with Gasteiger partial charge in [-0.2, -0.15) is 0 Å². The Labute approximate surface area is 174 Å². The minimum Gasteiger partial charge on any atom is -0.325 e. The molecule has 1 aromatic heterocycles. The highest BCUT2D eigenvalue weighted by atomic mass is 32.2. The first kappa shape index (κ1) is 21.0. The zero-order valence-electron chi connectivity index (χ0n) is 16.2. The van der Waals surface area contributed by atoms with Crippen LogP contribution in [0, 0.1) is 0 Å². The Morgan fingerprint density at radius 1 is 1.07 bits per heavy atom. The van der Waals surface area contributed by atoms with Crippen molar-refractivity contribution in [3.8, 4) is 11.4 Å². The average Bonchev–Trinajstić information content (AvgIpc) is 3.08. The van der Waals surface area contributed by atoms with Gasteiger partial charge in [-0.15, -0.1) is 10.2 Å². The molecule has 3 rings (SSSR count). The number of carbonyl (C=O) groups excluding carboxylic acids is 1. The van der Waals surface area contributed by atoms with Gasteiger partial charge in [-0.05, 0) is 24.3 Å². The zero-order chi connectivity index (χ0) is 21.0. The molecule has 2 aromatic carbocycles. The van der Waals surface area contributed by atoms with Gasteiger partial charge < -0.3 is 9.88 Å². The van der Waals surface area contributed by atoms with Gasteiger partial charge in [0.15, 0.2) is 11.0 Å². The molecule has 152 valence electrons. The van der Waals surface area contributed by atoms with E-state index in [1.165, 1.54) is 38.0 Å². The fraction of sp³-hybridized carbons (Fsp3) is 0.211. The molecule has 0 bridgehead atoms. The number of benzene rings is 2. The normalized spacial score (nSPS) is 11.6. The van der Waals surface area contributed by atoms with Gasteiger partial charge in [0, 0.05) is 32.4 Å². The highest BCUT2D eigenvalue weighted by Crippen LogP contribution is 2.23. The molecule has 1 amide bonds. The highest BCUT2D eigenvalue weighted by molar-refractivity contribution is 7.99. The van der Waals surface area contributed by atoms with Gasteiger partial charge >= 0.3 is 0 Å². The van der Waals surface area contributed by atoms with Gasteiger partial charge in [-0.25, -0.2) is 12.7 Å². The summed E-state index contributed by atoms with van der Waals surface area (Å²) < 4.78 is 27.1. The van der Waals surface area contributed by atoms with Crippen molar-refractivity contribution in [3.05, 3.63) is 54.6 Å². The molecule has 0 aliphatic carbocycles. The standard InChI is InChI=1S/C19H21N5O3S2/c1-23(2)29(26,27)16-11-9-15(10-12-16)20-17(25)13-28-19-22-21-18(24(19)3)14-7-5-4-6-8-14/h4-12H,13H2,1-3H3,(H,20,25). The summed E-state index contributed by atoms with van der Waals surface area (Å²) in [5.41, 5.74) is 1.47. The van der Waals surface area contributed by atoms with Crippen LogP contribution in [-0.2, 0) is 21.9 Å². The minimum atomic E-state index is -3.50. The third kappa shape index (κ3) is 4.84. The van der Waals surface area contributed by atoms with E-state index < -0.39 is 10.0 Å². The molecule has 0 fully saturated rings. The molecule has 0 saturated carbocycles. The topological polar surface area (TPSA) is 97.2 Å². The van der Waals surface area contributed by atoms with E-state index in [9.17, 15) is 13.2 Å². The Balaban J connectivity index is 1.60. The smallest absolute Gasteiger partial charge is 0.242 e. The lowest BCUT2D eigenvalue weighted by molar-refractivity contribution is -0.113. The molecule has 3 aromatic rings. The van der Waals surface area contributed by atoms with Gasteiger partial charge in [-0.1, -0.05) is 42.1 Å². The van der Waals surface area contributed by atoms with E-state index in [1.807, 2.05) is 41.9 Å². The first-order valence-electron chi connectivity index (χ1n) is 8.69. The number of sulfonamides is 1. The fourth-order valence-corrected chi connectivity index (χ4v) is 4.14. The second-order valence-corrected chi connectivity index (χ2v) is 9.47. The number of hydrogen-bond donors (Lipinski definition) is 1. The number of thioether (sulfide) groups is 1. The number of nitrogens with zero attached hydrogens (tertiary/aromatic N) is 4. The Morgan fingerprint density at radius 2 is 1.72 bits per heavy atom. The quantitative estimate of drug-likeness (QED) is 0.577. The van der Waals surface area contributed by atoms with E-state index in [2.05, 4.69) is 15.5 Å². The summed E-state index contributed by atoms with van der Waals surface area (Å²) in [5.74, 6) is 0.659. The summed E-state index contributed by atoms with van der Waals surface area (Å²) in [4.78, 5) is 12.4. The van der Waals surface area contributed by atoms with Gasteiger partial charge in [0.2, 0.25) is 15.9 Å². The lowest BCUT2D eigenvalue weighted by atomic mass is 10.2. The first-order valence-corrected chi connectivity index (χ1v) is 11.1. The lowest BCUT2D eigenvalue weighted by Gasteiger charge is -2.12. The molecule has 0 saturated heterocycles. The predicted molar refractivity (Wildman–Crippen MR) is 113 cm³/mol. The Kier molecular flexibility index (Phi) is 6.36. The molecule has 0 radical (unpaired) electrons. The zero-order valence-corrected chi connectivity index (χ0v) is 17.9. The summed E-state index contributed by atoms with van der Waals surface area (Å²) in [7, 11) is 1.30. The van der Waals surface area contributed by atoms with E-state index in [-0.39, 0.29) is 16.6 Å². The first-order chi connectivity index (χ1) is 13.8. The number of nitrogens with one attached hydrogen (secondary N) is 1. The van der Waals surface area contributed by atoms with Crippen molar-refractivity contribution in [3.63, 3.8) is 0 Å². The second-order valence-electron chi connectivity index (χ2n) is 6.38. The molecule has 0 aliphatic heterocycles. The summed E-state index contributed by atoms with van der Waals surface area (Å²) in [6.07, 6.45) is 0. The maximum Gasteiger partial charge on any atom is 0.242 e. The Bertz CT molecular complexity index is 1090. The van der Waals surface area contributed by atoms with Crippen LogP contribution in [0.15, 0.2) is 64.6 Å². The molecule has 1 N–H and O–H groups in total. The van der Waals surface area contributed by atoms with Crippen molar-refractivity contribution >= 4 is 33.4 Å². The van der Waals surface area contributed by atoms with Crippen LogP contribution in [0.2, 0.25) is 0 Å². The predicted octanol–water partition coefficient (Wildman–Crippen LogP) is 2.46. The molecule has 0 unspecified atom stereocenters. The van der Waals surface area contributed by atoms with E-state index in [1.54, 1.807) is 12.1 Å². The maximum atomic E-state index is 12.2. The molecule has 0 aliphatic rings. The lowest BCUT2D eigenvalue weighted by Crippen LogP contribution is -2.22. The second kappa shape index (κ2) is 8.76. The summed E-state index contributed by atoms with van der Waals surface area (Å²) in [6, 6.07) is 15.8. The Hall–Kier alpha value is -2.69. The third-order valence-electron chi connectivity index (χ3n) is 4.12. The maximum absolute atomic E-state index is 12.2. The number of amides is 1. The summed E-state index contributed by atoms with van der Waals surface area (Å²) in [6.45, 7) is 0. The van der Waals surface area contributed by atoms with Crippen LogP contribution in [0.25, 0.3) is 11.4 Å². The number of aromatic nitrogens is 3. The van der Waals surface area contributed by atoms with Gasteiger partial charge in [0.1, 0.15) is 0 Å². The largest absolute Gasteiger partial charge is 0.325 e. The van der Waals surface area contributed by atoms with Gasteiger partial charge in [0.25, 0.3) is 0 Å². The summed E-state index contributed by atoms with van der Waals surface area (Å²) in [5, 5.41) is 11.7. The number of hydrogen-bond acceptors (Lipinski definition) is 6. The molecule has 10 heteroatoms. The summed E-state index contributed by atoms with van der Waals surface area (Å²) >= 11 is 1.28. The highest BCUT2D eigenvalue weighted by Gasteiger charge is 2.17. The van der Waals surface area contributed by atoms with E-state index in [4.69, 9.17) is 0 Å². The molecule has 0 atom stereocenters. The van der Waals surface area contributed by atoms with Crippen molar-refractivity contribution < 1.29 is 13.2 Å². The molecular formula is C19H21N5O3S2. The van der Waals surface area contributed by atoms with Crippen molar-refractivity contribution in [1.82, 2.24) is 19.1 Å². The SMILES string of the molecule is CN(C)S(=O)(=O)c1ccc(NC(=O)CSc2nnc(-c3ccccc3)n2C)cc1. The van der Waals surface area contributed by atoms with Crippen LogP contribution in [0.1, 0.15) is 0 Å². The number of carbonyl (C=O) groups is 1. The third-order valence-corrected chi connectivity index (χ3v) is 6.97. The van der Waals surface area contributed by atoms with Crippen molar-refractivity contribution in [2.75, 3.05) is 25.2 Å². The molecule has 29 heavy (non-hydrogen) atoms. The van der Waals surface area contributed by atoms with Crippen LogP contribution in [0.5, 0.6) is 0 Å². The minimum absolute atomic E-state index is 0.151. The van der Waals surface area contributed by atoms with Crippen LogP contribution in [0.4, 0.5) is 5.69 Å². The van der Waals surface area contributed by atoms with Gasteiger partial charge in [0.05, 0.1) is 10.6 Å². The van der Waals surface area contributed by atoms with Gasteiger partial charge in [-0.3, -0.25) is 4.79 Å². The van der Waals surface area contributed by atoms with E-state index in [0.29, 0.717) is 10.8 Å². The van der Waals surface area contributed by atoms with Crippen LogP contribution < -0.4 is 5.32 Å². The number of rotatable bonds is 7. The van der Waals surface area contributed by atoms with Crippen molar-refractivity contribution in [2.24, 2.45) is 7.05 Å². The van der Waals surface area contributed by atoms with Crippen molar-refractivity contribution in [2.45, 2.75) is 10.1 Å². The van der Waals surface area contributed by atoms with Crippen LogP contribution >= 0.6 is 11.8 Å². The van der Waals surface area contributed by atoms with Crippen LogP contribution in [-0.4, -0.2) is 53.2 Å². The molecule has 0 spiro atoms. The molecule has 8 nitrogen and oxygen atoms in total. The fourth-order valence-electron chi connectivity index (χ4n) is 2.53. The number of anilines is 1.